The summed E-state index contributed by atoms with van der Waals surface area (Å²) < 4.78 is 10.4. The fraction of sp³-hybridized carbons (Fsp3) is 0.200. The molecule has 0 spiro atoms. The minimum absolute atomic E-state index is 0.0406. The molecular formula is C15H14N2O4. The van der Waals surface area contributed by atoms with E-state index in [-0.39, 0.29) is 24.2 Å². The van der Waals surface area contributed by atoms with Gasteiger partial charge in [0.1, 0.15) is 5.75 Å². The highest BCUT2D eigenvalue weighted by Crippen LogP contribution is 2.34. The highest BCUT2D eigenvalue weighted by atomic mass is 16.5. The van der Waals surface area contributed by atoms with Crippen molar-refractivity contribution in [3.63, 3.8) is 0 Å². The molecule has 1 aromatic carbocycles. The Balaban J connectivity index is 1.87. The summed E-state index contributed by atoms with van der Waals surface area (Å²) in [6.45, 7) is 2.48. The Kier molecular flexibility index (Phi) is 3.35. The van der Waals surface area contributed by atoms with E-state index in [0.717, 1.165) is 0 Å². The molecule has 1 aromatic heterocycles. The molecule has 6 nitrogen and oxygen atoms in total. The van der Waals surface area contributed by atoms with E-state index in [1.807, 2.05) is 6.92 Å². The predicted molar refractivity (Wildman–Crippen MR) is 76.6 cm³/mol. The molecule has 2 aromatic rings. The Bertz CT molecular complexity index is 679. The molecule has 0 saturated heterocycles. The third-order valence-corrected chi connectivity index (χ3v) is 3.22. The van der Waals surface area contributed by atoms with Gasteiger partial charge in [0.25, 0.3) is 11.8 Å². The lowest BCUT2D eigenvalue weighted by Crippen LogP contribution is -2.38. The number of nitrogens with zero attached hydrogens (tertiary/aromatic N) is 1. The van der Waals surface area contributed by atoms with E-state index in [1.165, 1.54) is 6.26 Å². The van der Waals surface area contributed by atoms with E-state index in [4.69, 9.17) is 9.15 Å². The van der Waals surface area contributed by atoms with Crippen LogP contribution in [0.25, 0.3) is 0 Å². The van der Waals surface area contributed by atoms with E-state index in [1.54, 1.807) is 35.2 Å². The number of hydrogen-bond donors (Lipinski definition) is 1. The summed E-state index contributed by atoms with van der Waals surface area (Å²) >= 11 is 0. The number of rotatable bonds is 3. The van der Waals surface area contributed by atoms with Crippen LogP contribution in [0.1, 0.15) is 17.5 Å². The minimum atomic E-state index is -0.342. The highest BCUT2D eigenvalue weighted by molar-refractivity contribution is 6.03. The number of carbonyl (C=O) groups excluding carboxylic acids is 2. The van der Waals surface area contributed by atoms with Crippen LogP contribution in [0.4, 0.5) is 11.4 Å². The van der Waals surface area contributed by atoms with Crippen LogP contribution in [-0.2, 0) is 4.79 Å². The van der Waals surface area contributed by atoms with E-state index in [2.05, 4.69) is 5.32 Å². The molecule has 3 rings (SSSR count). The van der Waals surface area contributed by atoms with Gasteiger partial charge in [-0.25, -0.2) is 0 Å². The Morgan fingerprint density at radius 2 is 2.24 bits per heavy atom. The molecule has 1 aliphatic heterocycles. The van der Waals surface area contributed by atoms with Gasteiger partial charge in [0.05, 0.1) is 12.0 Å². The van der Waals surface area contributed by atoms with Crippen molar-refractivity contribution in [2.75, 3.05) is 23.4 Å². The first-order chi connectivity index (χ1) is 10.2. The average molecular weight is 286 g/mol. The molecule has 0 radical (unpaired) electrons. The number of benzene rings is 1. The number of hydrogen-bond acceptors (Lipinski definition) is 4. The molecule has 6 heteroatoms. The number of fused-ring (bicyclic) bond motifs is 1. The maximum Gasteiger partial charge on any atom is 0.291 e. The number of furan rings is 1. The quantitative estimate of drug-likeness (QED) is 0.939. The zero-order valence-electron chi connectivity index (χ0n) is 11.5. The van der Waals surface area contributed by atoms with Crippen molar-refractivity contribution >= 4 is 23.2 Å². The van der Waals surface area contributed by atoms with Gasteiger partial charge in [0.2, 0.25) is 0 Å². The number of ether oxygens (including phenoxy) is 1. The molecule has 0 saturated carbocycles. The fourth-order valence-corrected chi connectivity index (χ4v) is 2.23. The van der Waals surface area contributed by atoms with Crippen molar-refractivity contribution < 1.29 is 18.7 Å². The van der Waals surface area contributed by atoms with Crippen molar-refractivity contribution in [1.82, 2.24) is 0 Å². The average Bonchev–Trinajstić information content (AvgIpc) is 3.01. The van der Waals surface area contributed by atoms with Crippen LogP contribution >= 0.6 is 0 Å². The zero-order valence-corrected chi connectivity index (χ0v) is 11.5. The molecule has 0 fully saturated rings. The van der Waals surface area contributed by atoms with Gasteiger partial charge in [0.15, 0.2) is 12.4 Å². The van der Waals surface area contributed by atoms with Gasteiger partial charge in [-0.1, -0.05) is 0 Å². The number of likely N-dealkylation sites (N-methyl/N-ethyl adjacent to an activating group) is 1. The lowest BCUT2D eigenvalue weighted by Gasteiger charge is -2.28. The Hall–Kier alpha value is -2.76. The molecule has 1 aliphatic rings. The van der Waals surface area contributed by atoms with Gasteiger partial charge < -0.3 is 19.4 Å². The van der Waals surface area contributed by atoms with Gasteiger partial charge in [-0.15, -0.1) is 0 Å². The summed E-state index contributed by atoms with van der Waals surface area (Å²) in [4.78, 5) is 25.4. The Morgan fingerprint density at radius 3 is 2.95 bits per heavy atom. The summed E-state index contributed by atoms with van der Waals surface area (Å²) in [5.41, 5.74) is 1.23. The molecule has 0 aliphatic carbocycles. The lowest BCUT2D eigenvalue weighted by atomic mass is 10.2. The third kappa shape index (κ3) is 2.47. The molecule has 0 bridgehead atoms. The zero-order chi connectivity index (χ0) is 14.8. The molecule has 21 heavy (non-hydrogen) atoms. The van der Waals surface area contributed by atoms with Crippen molar-refractivity contribution in [2.24, 2.45) is 0 Å². The van der Waals surface area contributed by atoms with Crippen LogP contribution in [0.3, 0.4) is 0 Å². The monoisotopic (exact) mass is 286 g/mol. The molecule has 0 atom stereocenters. The fourth-order valence-electron chi connectivity index (χ4n) is 2.23. The van der Waals surface area contributed by atoms with Gasteiger partial charge in [-0.3, -0.25) is 9.59 Å². The molecule has 108 valence electrons. The normalized spacial score (nSPS) is 13.6. The number of nitrogens with one attached hydrogen (secondary N) is 1. The van der Waals surface area contributed by atoms with Gasteiger partial charge in [0, 0.05) is 12.2 Å². The van der Waals surface area contributed by atoms with Crippen LogP contribution in [0, 0.1) is 0 Å². The topological polar surface area (TPSA) is 71.8 Å². The molecule has 0 unspecified atom stereocenters. The smallest absolute Gasteiger partial charge is 0.291 e. The van der Waals surface area contributed by atoms with Crippen LogP contribution in [0.2, 0.25) is 0 Å². The summed E-state index contributed by atoms with van der Waals surface area (Å²) in [6, 6.07) is 8.41. The van der Waals surface area contributed by atoms with Crippen LogP contribution in [-0.4, -0.2) is 25.0 Å². The third-order valence-electron chi connectivity index (χ3n) is 3.22. The van der Waals surface area contributed by atoms with Gasteiger partial charge in [-0.2, -0.15) is 0 Å². The first-order valence-electron chi connectivity index (χ1n) is 6.61. The Labute approximate surface area is 121 Å². The second-order valence-electron chi connectivity index (χ2n) is 4.54. The van der Waals surface area contributed by atoms with Crippen molar-refractivity contribution in [2.45, 2.75) is 6.92 Å². The second-order valence-corrected chi connectivity index (χ2v) is 4.54. The predicted octanol–water partition coefficient (Wildman–Crippen LogP) is 2.28. The van der Waals surface area contributed by atoms with Crippen LogP contribution in [0.5, 0.6) is 5.75 Å². The SMILES string of the molecule is CCN1C(=O)COc2ccc(NC(=O)c3ccco3)cc21. The highest BCUT2D eigenvalue weighted by Gasteiger charge is 2.24. The van der Waals surface area contributed by atoms with Gasteiger partial charge in [-0.05, 0) is 37.3 Å². The summed E-state index contributed by atoms with van der Waals surface area (Å²) in [7, 11) is 0. The van der Waals surface area contributed by atoms with Crippen molar-refractivity contribution in [1.29, 1.82) is 0 Å². The molecule has 2 amide bonds. The first-order valence-corrected chi connectivity index (χ1v) is 6.61. The van der Waals surface area contributed by atoms with Gasteiger partial charge >= 0.3 is 0 Å². The number of carbonyl (C=O) groups is 2. The van der Waals surface area contributed by atoms with E-state index in [9.17, 15) is 9.59 Å². The second kappa shape index (κ2) is 5.32. The number of amides is 2. The molecule has 2 heterocycles. The maximum atomic E-state index is 11.9. The van der Waals surface area contributed by atoms with E-state index in [0.29, 0.717) is 23.7 Å². The largest absolute Gasteiger partial charge is 0.482 e. The van der Waals surface area contributed by atoms with E-state index < -0.39 is 0 Å². The first kappa shape index (κ1) is 13.2. The molecular weight excluding hydrogens is 272 g/mol. The summed E-state index contributed by atoms with van der Waals surface area (Å²) in [6.07, 6.45) is 1.44. The van der Waals surface area contributed by atoms with Crippen molar-refractivity contribution in [3.05, 3.63) is 42.4 Å². The standard InChI is InChI=1S/C15H14N2O4/c1-2-17-11-8-10(5-6-12(11)21-9-14(17)18)16-15(19)13-4-3-7-20-13/h3-8H,2,9H2,1H3,(H,16,19). The summed E-state index contributed by atoms with van der Waals surface area (Å²) in [5, 5.41) is 2.73. The maximum absolute atomic E-state index is 11.9. The van der Waals surface area contributed by atoms with Crippen LogP contribution in [0.15, 0.2) is 41.0 Å². The minimum Gasteiger partial charge on any atom is -0.482 e. The van der Waals surface area contributed by atoms with Crippen molar-refractivity contribution in [3.8, 4) is 5.75 Å². The number of anilines is 2. The van der Waals surface area contributed by atoms with Crippen LogP contribution < -0.4 is 15.0 Å². The summed E-state index contributed by atoms with van der Waals surface area (Å²) in [5.74, 6) is 0.422. The molecule has 1 N–H and O–H groups in total. The lowest BCUT2D eigenvalue weighted by molar-refractivity contribution is -0.121. The van der Waals surface area contributed by atoms with E-state index >= 15 is 0 Å². The Morgan fingerprint density at radius 1 is 1.38 bits per heavy atom.